The summed E-state index contributed by atoms with van der Waals surface area (Å²) >= 11 is 1.30. The van der Waals surface area contributed by atoms with Crippen LogP contribution in [0.2, 0.25) is 0 Å². The predicted molar refractivity (Wildman–Crippen MR) is 69.2 cm³/mol. The number of carbonyl (C=O) groups is 1. The number of hydrogen-bond acceptors (Lipinski definition) is 5. The lowest BCUT2D eigenvalue weighted by Gasteiger charge is -1.96. The van der Waals surface area contributed by atoms with Gasteiger partial charge in [0.05, 0.1) is 23.9 Å². The molecule has 0 atom stereocenters. The Labute approximate surface area is 108 Å². The van der Waals surface area contributed by atoms with Gasteiger partial charge in [-0.05, 0) is 0 Å². The van der Waals surface area contributed by atoms with E-state index in [0.29, 0.717) is 17.4 Å². The summed E-state index contributed by atoms with van der Waals surface area (Å²) < 4.78 is 1.70. The molecule has 0 bridgehead atoms. The Morgan fingerprint density at radius 3 is 3.11 bits per heavy atom. The number of amides is 1. The van der Waals surface area contributed by atoms with Crippen molar-refractivity contribution < 1.29 is 4.79 Å². The van der Waals surface area contributed by atoms with E-state index in [-0.39, 0.29) is 5.91 Å². The molecular weight excluding hydrogens is 250 g/mol. The molecule has 0 aliphatic heterocycles. The Bertz CT molecular complexity index is 619. The van der Waals surface area contributed by atoms with Crippen LogP contribution in [0.1, 0.15) is 15.4 Å². The predicted octanol–water partition coefficient (Wildman–Crippen LogP) is 0.439. The Balaban J connectivity index is 2.05. The minimum Gasteiger partial charge on any atom is -0.340 e. The van der Waals surface area contributed by atoms with E-state index in [2.05, 4.69) is 27.1 Å². The van der Waals surface area contributed by atoms with Gasteiger partial charge < -0.3 is 10.3 Å². The zero-order valence-electron chi connectivity index (χ0n) is 9.67. The highest BCUT2D eigenvalue weighted by Crippen LogP contribution is 2.17. The van der Waals surface area contributed by atoms with Crippen LogP contribution in [0.5, 0.6) is 0 Å². The Morgan fingerprint density at radius 1 is 1.61 bits per heavy atom. The SMILES string of the molecule is Cn1cnc(C(=O)Nc2ncc(C#CCN)s2)c1. The molecule has 2 heterocycles. The van der Waals surface area contributed by atoms with Crippen molar-refractivity contribution in [2.45, 2.75) is 0 Å². The van der Waals surface area contributed by atoms with Gasteiger partial charge in [0.1, 0.15) is 5.69 Å². The molecule has 18 heavy (non-hydrogen) atoms. The van der Waals surface area contributed by atoms with Crippen molar-refractivity contribution in [3.63, 3.8) is 0 Å². The number of carbonyl (C=O) groups excluding carboxylic acids is 1. The average molecular weight is 261 g/mol. The van der Waals surface area contributed by atoms with E-state index in [9.17, 15) is 4.79 Å². The van der Waals surface area contributed by atoms with E-state index in [1.54, 1.807) is 30.3 Å². The Morgan fingerprint density at radius 2 is 2.44 bits per heavy atom. The van der Waals surface area contributed by atoms with Gasteiger partial charge in [-0.3, -0.25) is 10.1 Å². The molecule has 0 fully saturated rings. The van der Waals surface area contributed by atoms with E-state index >= 15 is 0 Å². The van der Waals surface area contributed by atoms with Crippen LogP contribution in [0.4, 0.5) is 5.13 Å². The molecule has 2 aromatic rings. The largest absolute Gasteiger partial charge is 0.340 e. The number of nitrogens with zero attached hydrogens (tertiary/aromatic N) is 3. The highest BCUT2D eigenvalue weighted by atomic mass is 32.1. The third-order valence-electron chi connectivity index (χ3n) is 1.98. The summed E-state index contributed by atoms with van der Waals surface area (Å²) in [6, 6.07) is 0. The summed E-state index contributed by atoms with van der Waals surface area (Å²) in [7, 11) is 1.80. The molecule has 0 radical (unpaired) electrons. The summed E-state index contributed by atoms with van der Waals surface area (Å²) in [6.45, 7) is 0.299. The van der Waals surface area contributed by atoms with Crippen LogP contribution in [-0.4, -0.2) is 27.0 Å². The second-order valence-corrected chi connectivity index (χ2v) is 4.44. The van der Waals surface area contributed by atoms with Crippen molar-refractivity contribution in [3.05, 3.63) is 29.3 Å². The third kappa shape index (κ3) is 2.94. The molecule has 2 rings (SSSR count). The second-order valence-electron chi connectivity index (χ2n) is 3.41. The van der Waals surface area contributed by atoms with Gasteiger partial charge in [-0.25, -0.2) is 9.97 Å². The number of aromatic nitrogens is 3. The van der Waals surface area contributed by atoms with Crippen molar-refractivity contribution in [2.24, 2.45) is 12.8 Å². The molecule has 0 aromatic carbocycles. The van der Waals surface area contributed by atoms with E-state index in [1.807, 2.05) is 0 Å². The highest BCUT2D eigenvalue weighted by molar-refractivity contribution is 7.16. The first kappa shape index (κ1) is 12.3. The fourth-order valence-corrected chi connectivity index (χ4v) is 1.91. The molecule has 3 N–H and O–H groups in total. The maximum absolute atomic E-state index is 11.8. The normalized spacial score (nSPS) is 9.67. The summed E-state index contributed by atoms with van der Waals surface area (Å²) in [4.78, 5) is 20.5. The second kappa shape index (κ2) is 5.44. The van der Waals surface area contributed by atoms with Gasteiger partial charge in [0, 0.05) is 13.2 Å². The lowest BCUT2D eigenvalue weighted by Crippen LogP contribution is -2.11. The smallest absolute Gasteiger partial charge is 0.277 e. The number of anilines is 1. The average Bonchev–Trinajstić information content (AvgIpc) is 2.96. The van der Waals surface area contributed by atoms with Gasteiger partial charge in [-0.1, -0.05) is 23.2 Å². The number of aryl methyl sites for hydroxylation is 1. The van der Waals surface area contributed by atoms with Gasteiger partial charge in [-0.2, -0.15) is 0 Å². The maximum Gasteiger partial charge on any atom is 0.277 e. The van der Waals surface area contributed by atoms with E-state index < -0.39 is 0 Å². The quantitative estimate of drug-likeness (QED) is 0.768. The number of nitrogens with one attached hydrogen (secondary N) is 1. The first-order valence-electron chi connectivity index (χ1n) is 5.13. The van der Waals surface area contributed by atoms with E-state index in [1.165, 1.54) is 11.3 Å². The summed E-state index contributed by atoms with van der Waals surface area (Å²) in [5.74, 6) is 5.29. The van der Waals surface area contributed by atoms with Crippen LogP contribution in [-0.2, 0) is 7.05 Å². The minimum absolute atomic E-state index is 0.289. The Hall–Kier alpha value is -2.17. The van der Waals surface area contributed by atoms with Crippen molar-refractivity contribution >= 4 is 22.4 Å². The minimum atomic E-state index is -0.289. The topological polar surface area (TPSA) is 85.8 Å². The van der Waals surface area contributed by atoms with Gasteiger partial charge in [0.2, 0.25) is 0 Å². The van der Waals surface area contributed by atoms with Crippen LogP contribution in [0.3, 0.4) is 0 Å². The van der Waals surface area contributed by atoms with Crippen LogP contribution in [0.25, 0.3) is 0 Å². The third-order valence-corrected chi connectivity index (χ3v) is 2.81. The molecule has 0 spiro atoms. The summed E-state index contributed by atoms with van der Waals surface area (Å²) in [5, 5.41) is 3.15. The lowest BCUT2D eigenvalue weighted by molar-refractivity contribution is 0.102. The van der Waals surface area contributed by atoms with Crippen LogP contribution in [0, 0.1) is 11.8 Å². The van der Waals surface area contributed by atoms with Crippen LogP contribution in [0.15, 0.2) is 18.7 Å². The van der Waals surface area contributed by atoms with E-state index in [4.69, 9.17) is 5.73 Å². The van der Waals surface area contributed by atoms with Crippen molar-refractivity contribution in [2.75, 3.05) is 11.9 Å². The molecule has 0 unspecified atom stereocenters. The van der Waals surface area contributed by atoms with Gasteiger partial charge in [0.25, 0.3) is 5.91 Å². The number of imidazole rings is 1. The maximum atomic E-state index is 11.8. The van der Waals surface area contributed by atoms with Crippen LogP contribution < -0.4 is 11.1 Å². The van der Waals surface area contributed by atoms with Gasteiger partial charge >= 0.3 is 0 Å². The van der Waals surface area contributed by atoms with Gasteiger partial charge in [-0.15, -0.1) is 0 Å². The molecule has 0 saturated carbocycles. The molecule has 6 nitrogen and oxygen atoms in total. The van der Waals surface area contributed by atoms with Gasteiger partial charge in [0.15, 0.2) is 5.13 Å². The first-order valence-corrected chi connectivity index (χ1v) is 5.95. The highest BCUT2D eigenvalue weighted by Gasteiger charge is 2.10. The molecule has 0 aliphatic rings. The van der Waals surface area contributed by atoms with Crippen molar-refractivity contribution in [1.82, 2.24) is 14.5 Å². The Kier molecular flexibility index (Phi) is 3.72. The molecule has 0 saturated heterocycles. The number of hydrogen-bond donors (Lipinski definition) is 2. The molecule has 2 aromatic heterocycles. The van der Waals surface area contributed by atoms with Crippen molar-refractivity contribution in [3.8, 4) is 11.8 Å². The van der Waals surface area contributed by atoms with Crippen molar-refractivity contribution in [1.29, 1.82) is 0 Å². The molecule has 1 amide bonds. The number of thiazole rings is 1. The molecule has 0 aliphatic carbocycles. The van der Waals surface area contributed by atoms with E-state index in [0.717, 1.165) is 4.88 Å². The molecule has 7 heteroatoms. The zero-order valence-corrected chi connectivity index (χ0v) is 10.5. The monoisotopic (exact) mass is 261 g/mol. The fourth-order valence-electron chi connectivity index (χ4n) is 1.22. The molecular formula is C11H11N5OS. The van der Waals surface area contributed by atoms with Crippen LogP contribution >= 0.6 is 11.3 Å². The fraction of sp³-hybridized carbons (Fsp3) is 0.182. The lowest BCUT2D eigenvalue weighted by atomic mass is 10.4. The summed E-state index contributed by atoms with van der Waals surface area (Å²) in [5.41, 5.74) is 5.62. The molecule has 92 valence electrons. The standard InChI is InChI=1S/C11H11N5OS/c1-16-6-9(14-7-16)10(17)15-11-13-5-8(18-11)3-2-4-12/h5-7H,4,12H2,1H3,(H,13,15,17). The zero-order chi connectivity index (χ0) is 13.0. The summed E-state index contributed by atoms with van der Waals surface area (Å²) in [6.07, 6.45) is 4.80. The first-order chi connectivity index (χ1) is 8.69. The number of nitrogens with two attached hydrogens (primary N) is 1. The number of rotatable bonds is 2.